The maximum Gasteiger partial charge on any atom is 0.0722 e. The lowest BCUT2D eigenvalue weighted by molar-refractivity contribution is 0.187. The molecule has 1 aromatic carbocycles. The molecular weight excluding hydrogens is 212 g/mol. The minimum absolute atomic E-state index is 0.641. The summed E-state index contributed by atoms with van der Waals surface area (Å²) in [6, 6.07) is 10.3. The van der Waals surface area contributed by atoms with Crippen LogP contribution in [0.4, 0.5) is 5.69 Å². The Kier molecular flexibility index (Phi) is 2.92. The third-order valence-corrected chi connectivity index (χ3v) is 3.25. The van der Waals surface area contributed by atoms with E-state index in [0.717, 1.165) is 31.7 Å². The Balaban J connectivity index is 1.79. The molecule has 0 radical (unpaired) electrons. The van der Waals surface area contributed by atoms with E-state index in [-0.39, 0.29) is 0 Å². The molecule has 1 aromatic heterocycles. The highest BCUT2D eigenvalue weighted by Gasteiger charge is 2.15. The summed E-state index contributed by atoms with van der Waals surface area (Å²) in [5, 5.41) is 4.70. The summed E-state index contributed by atoms with van der Waals surface area (Å²) in [4.78, 5) is 4.36. The van der Waals surface area contributed by atoms with Crippen molar-refractivity contribution in [3.63, 3.8) is 0 Å². The molecule has 0 spiro atoms. The van der Waals surface area contributed by atoms with Gasteiger partial charge in [-0.25, -0.2) is 0 Å². The number of rotatable bonds is 3. The summed E-state index contributed by atoms with van der Waals surface area (Å²) < 4.78 is 5.38. The number of aromatic nitrogens is 1. The van der Waals surface area contributed by atoms with Gasteiger partial charge in [0.1, 0.15) is 0 Å². The van der Waals surface area contributed by atoms with Gasteiger partial charge in [0.05, 0.1) is 12.1 Å². The quantitative estimate of drug-likeness (QED) is 0.877. The van der Waals surface area contributed by atoms with Crippen molar-refractivity contribution in [3.8, 4) is 0 Å². The summed E-state index contributed by atoms with van der Waals surface area (Å²) in [7, 11) is 0. The minimum atomic E-state index is 0.641. The van der Waals surface area contributed by atoms with Gasteiger partial charge in [0.15, 0.2) is 0 Å². The van der Waals surface area contributed by atoms with Crippen LogP contribution in [0.1, 0.15) is 6.42 Å². The Labute approximate surface area is 101 Å². The van der Waals surface area contributed by atoms with Gasteiger partial charge < -0.3 is 10.1 Å². The third-order valence-electron chi connectivity index (χ3n) is 3.25. The zero-order valence-corrected chi connectivity index (χ0v) is 9.73. The van der Waals surface area contributed by atoms with E-state index in [1.807, 2.05) is 24.4 Å². The van der Waals surface area contributed by atoms with Gasteiger partial charge in [-0.15, -0.1) is 0 Å². The largest absolute Gasteiger partial charge is 0.384 e. The predicted octanol–water partition coefficient (Wildman–Crippen LogP) is 2.68. The summed E-state index contributed by atoms with van der Waals surface area (Å²) in [5.74, 6) is 0.641. The molecule has 88 valence electrons. The van der Waals surface area contributed by atoms with Gasteiger partial charge in [0.2, 0.25) is 0 Å². The lowest BCUT2D eigenvalue weighted by Gasteiger charge is -2.12. The number of anilines is 1. The van der Waals surface area contributed by atoms with Crippen molar-refractivity contribution in [2.24, 2.45) is 5.92 Å². The Morgan fingerprint density at radius 2 is 2.29 bits per heavy atom. The molecule has 2 aromatic rings. The van der Waals surface area contributed by atoms with E-state index in [1.54, 1.807) is 0 Å². The van der Waals surface area contributed by atoms with Crippen molar-refractivity contribution in [2.45, 2.75) is 6.42 Å². The number of ether oxygens (including phenoxy) is 1. The fourth-order valence-electron chi connectivity index (χ4n) is 2.26. The van der Waals surface area contributed by atoms with E-state index in [1.165, 1.54) is 11.1 Å². The van der Waals surface area contributed by atoms with Gasteiger partial charge in [-0.2, -0.15) is 0 Å². The Hall–Kier alpha value is -1.61. The Morgan fingerprint density at radius 3 is 3.18 bits per heavy atom. The Morgan fingerprint density at radius 1 is 1.29 bits per heavy atom. The van der Waals surface area contributed by atoms with Crippen LogP contribution in [-0.4, -0.2) is 24.7 Å². The highest BCUT2D eigenvalue weighted by atomic mass is 16.5. The van der Waals surface area contributed by atoms with Crippen molar-refractivity contribution in [3.05, 3.63) is 36.5 Å². The maximum atomic E-state index is 5.38. The van der Waals surface area contributed by atoms with E-state index in [2.05, 4.69) is 22.4 Å². The van der Waals surface area contributed by atoms with Crippen molar-refractivity contribution < 1.29 is 4.74 Å². The normalized spacial score (nSPS) is 19.6. The van der Waals surface area contributed by atoms with Gasteiger partial charge in [-0.1, -0.05) is 6.07 Å². The molecule has 0 aliphatic carbocycles. The molecule has 1 aliphatic heterocycles. The minimum Gasteiger partial charge on any atom is -0.384 e. The van der Waals surface area contributed by atoms with Crippen LogP contribution in [0.2, 0.25) is 0 Å². The molecule has 2 heterocycles. The zero-order chi connectivity index (χ0) is 11.5. The second-order valence-corrected chi connectivity index (χ2v) is 4.49. The van der Waals surface area contributed by atoms with Crippen LogP contribution >= 0.6 is 0 Å². The van der Waals surface area contributed by atoms with Crippen LogP contribution in [0.15, 0.2) is 36.5 Å². The van der Waals surface area contributed by atoms with Gasteiger partial charge in [0, 0.05) is 36.3 Å². The van der Waals surface area contributed by atoms with Gasteiger partial charge in [-0.05, 0) is 30.7 Å². The number of fused-ring (bicyclic) bond motifs is 1. The van der Waals surface area contributed by atoms with E-state index >= 15 is 0 Å². The van der Waals surface area contributed by atoms with Crippen molar-refractivity contribution in [1.82, 2.24) is 4.98 Å². The number of pyridine rings is 1. The molecule has 1 unspecified atom stereocenters. The first-order valence-electron chi connectivity index (χ1n) is 6.09. The average molecular weight is 228 g/mol. The predicted molar refractivity (Wildman–Crippen MR) is 69.2 cm³/mol. The zero-order valence-electron chi connectivity index (χ0n) is 9.73. The average Bonchev–Trinajstić information content (AvgIpc) is 2.89. The first kappa shape index (κ1) is 10.5. The number of nitrogens with zero attached hydrogens (tertiary/aromatic N) is 1. The van der Waals surface area contributed by atoms with Crippen LogP contribution in [0.25, 0.3) is 10.9 Å². The fourth-order valence-corrected chi connectivity index (χ4v) is 2.26. The van der Waals surface area contributed by atoms with Crippen molar-refractivity contribution in [1.29, 1.82) is 0 Å². The van der Waals surface area contributed by atoms with Crippen LogP contribution < -0.4 is 5.32 Å². The second-order valence-electron chi connectivity index (χ2n) is 4.49. The van der Waals surface area contributed by atoms with Crippen molar-refractivity contribution >= 4 is 16.6 Å². The van der Waals surface area contributed by atoms with E-state index in [9.17, 15) is 0 Å². The molecule has 1 aliphatic rings. The lowest BCUT2D eigenvalue weighted by atomic mass is 10.1. The topological polar surface area (TPSA) is 34.1 Å². The van der Waals surface area contributed by atoms with Crippen molar-refractivity contribution in [2.75, 3.05) is 25.1 Å². The van der Waals surface area contributed by atoms with Crippen LogP contribution in [-0.2, 0) is 4.74 Å². The highest BCUT2D eigenvalue weighted by Crippen LogP contribution is 2.22. The number of benzene rings is 1. The molecule has 3 heteroatoms. The molecule has 0 amide bonds. The molecule has 1 N–H and O–H groups in total. The van der Waals surface area contributed by atoms with E-state index in [4.69, 9.17) is 4.74 Å². The summed E-state index contributed by atoms with van der Waals surface area (Å²) in [5.41, 5.74) is 2.21. The molecular formula is C14H16N2O. The number of nitrogens with one attached hydrogen (secondary N) is 1. The Bertz CT molecular complexity index is 501. The second kappa shape index (κ2) is 4.72. The van der Waals surface area contributed by atoms with Crippen LogP contribution in [0.3, 0.4) is 0 Å². The maximum absolute atomic E-state index is 5.38. The fraction of sp³-hybridized carbons (Fsp3) is 0.357. The monoisotopic (exact) mass is 228 g/mol. The summed E-state index contributed by atoms with van der Waals surface area (Å²) in [6.45, 7) is 2.77. The molecule has 3 rings (SSSR count). The first-order valence-corrected chi connectivity index (χ1v) is 6.09. The molecule has 0 saturated carbocycles. The molecule has 1 fully saturated rings. The van der Waals surface area contributed by atoms with E-state index in [0.29, 0.717) is 5.92 Å². The summed E-state index contributed by atoms with van der Waals surface area (Å²) in [6.07, 6.45) is 2.99. The first-order chi connectivity index (χ1) is 8.43. The van der Waals surface area contributed by atoms with Crippen LogP contribution in [0, 0.1) is 5.92 Å². The van der Waals surface area contributed by atoms with Gasteiger partial charge in [-0.3, -0.25) is 4.98 Å². The van der Waals surface area contributed by atoms with Crippen LogP contribution in [0.5, 0.6) is 0 Å². The van der Waals surface area contributed by atoms with Gasteiger partial charge >= 0.3 is 0 Å². The molecule has 1 atom stereocenters. The smallest absolute Gasteiger partial charge is 0.0722 e. The SMILES string of the molecule is c1cc(NCC2CCOC2)c2cccnc2c1. The summed E-state index contributed by atoms with van der Waals surface area (Å²) >= 11 is 0. The standard InChI is InChI=1S/C14H16N2O/c1-4-13-12(3-2-7-15-13)14(5-1)16-9-11-6-8-17-10-11/h1-5,7,11,16H,6,8-10H2. The molecule has 1 saturated heterocycles. The number of hydrogen-bond acceptors (Lipinski definition) is 3. The highest BCUT2D eigenvalue weighted by molar-refractivity contribution is 5.91. The molecule has 17 heavy (non-hydrogen) atoms. The molecule has 0 bridgehead atoms. The van der Waals surface area contributed by atoms with Gasteiger partial charge in [0.25, 0.3) is 0 Å². The molecule has 3 nitrogen and oxygen atoms in total. The lowest BCUT2D eigenvalue weighted by Crippen LogP contribution is -2.14. The third kappa shape index (κ3) is 2.24. The number of hydrogen-bond donors (Lipinski definition) is 1. The van der Waals surface area contributed by atoms with E-state index < -0.39 is 0 Å².